The minimum atomic E-state index is -0.669. The van der Waals surface area contributed by atoms with Crippen molar-refractivity contribution in [3.8, 4) is 0 Å². The lowest BCUT2D eigenvalue weighted by atomic mass is 9.73. The van der Waals surface area contributed by atoms with E-state index in [2.05, 4.69) is 15.8 Å². The van der Waals surface area contributed by atoms with Gasteiger partial charge in [-0.25, -0.2) is 10.4 Å². The van der Waals surface area contributed by atoms with Gasteiger partial charge in [0.05, 0.1) is 6.10 Å². The Balaban J connectivity index is 1.95. The minimum absolute atomic E-state index is 0.0298. The molecule has 0 amide bonds. The Bertz CT molecular complexity index is 420. The van der Waals surface area contributed by atoms with Crippen molar-refractivity contribution < 1.29 is 9.90 Å². The summed E-state index contributed by atoms with van der Waals surface area (Å²) in [5.74, 6) is 0.657. The van der Waals surface area contributed by atoms with Gasteiger partial charge in [0.25, 0.3) is 0 Å². The molecule has 98 valence electrons. The van der Waals surface area contributed by atoms with E-state index in [-0.39, 0.29) is 11.2 Å². The molecule has 2 rings (SSSR count). The highest BCUT2D eigenvalue weighted by Gasteiger charge is 2.39. The first-order valence-corrected chi connectivity index (χ1v) is 6.11. The summed E-state index contributed by atoms with van der Waals surface area (Å²) in [4.78, 5) is 16.0. The molecule has 18 heavy (non-hydrogen) atoms. The number of nitrogens with zero attached hydrogens (tertiary/aromatic N) is 1. The fourth-order valence-corrected chi connectivity index (χ4v) is 2.32. The van der Waals surface area contributed by atoms with Crippen LogP contribution < -0.4 is 10.9 Å². The first kappa shape index (κ1) is 13.0. The monoisotopic (exact) mass is 249 g/mol. The van der Waals surface area contributed by atoms with Crippen molar-refractivity contribution in [1.29, 1.82) is 0 Å². The second-order valence-corrected chi connectivity index (χ2v) is 5.54. The van der Waals surface area contributed by atoms with E-state index in [1.54, 1.807) is 12.3 Å². The van der Waals surface area contributed by atoms with Gasteiger partial charge in [-0.2, -0.15) is 0 Å². The number of hydrazine groups is 1. The lowest BCUT2D eigenvalue weighted by Crippen LogP contribution is -2.54. The van der Waals surface area contributed by atoms with Crippen molar-refractivity contribution in [2.75, 3.05) is 5.43 Å². The maximum absolute atomic E-state index is 12.0. The maximum Gasteiger partial charge on any atom is 0.154 e. The van der Waals surface area contributed by atoms with Gasteiger partial charge in [-0.05, 0) is 24.0 Å². The first-order valence-electron chi connectivity index (χ1n) is 6.11. The summed E-state index contributed by atoms with van der Waals surface area (Å²) in [6.45, 7) is 3.99. The molecule has 0 aliphatic heterocycles. The molecule has 0 saturated heterocycles. The van der Waals surface area contributed by atoms with Gasteiger partial charge in [0.1, 0.15) is 11.9 Å². The van der Waals surface area contributed by atoms with E-state index < -0.39 is 12.1 Å². The van der Waals surface area contributed by atoms with Gasteiger partial charge in [0.15, 0.2) is 5.78 Å². The van der Waals surface area contributed by atoms with Crippen molar-refractivity contribution in [1.82, 2.24) is 10.4 Å². The molecule has 2 unspecified atom stereocenters. The smallest absolute Gasteiger partial charge is 0.154 e. The fourth-order valence-electron chi connectivity index (χ4n) is 2.32. The summed E-state index contributed by atoms with van der Waals surface area (Å²) in [5, 5.41) is 10.0. The van der Waals surface area contributed by atoms with Crippen LogP contribution in [0.5, 0.6) is 0 Å². The number of hydrogen-bond acceptors (Lipinski definition) is 5. The van der Waals surface area contributed by atoms with Crippen LogP contribution in [0.4, 0.5) is 5.82 Å². The van der Waals surface area contributed by atoms with Gasteiger partial charge in [-0.1, -0.05) is 19.9 Å². The lowest BCUT2D eigenvalue weighted by Gasteiger charge is -2.37. The molecular formula is C13H19N3O2. The molecule has 0 spiro atoms. The number of hydrogen-bond donors (Lipinski definition) is 3. The van der Waals surface area contributed by atoms with Gasteiger partial charge in [-0.3, -0.25) is 4.79 Å². The highest BCUT2D eigenvalue weighted by Crippen LogP contribution is 2.33. The Labute approximate surface area is 107 Å². The lowest BCUT2D eigenvalue weighted by molar-refractivity contribution is -0.130. The average Bonchev–Trinajstić information content (AvgIpc) is 2.27. The highest BCUT2D eigenvalue weighted by atomic mass is 16.3. The van der Waals surface area contributed by atoms with Crippen molar-refractivity contribution >= 4 is 11.6 Å². The van der Waals surface area contributed by atoms with Crippen molar-refractivity contribution in [2.24, 2.45) is 5.41 Å². The number of aromatic nitrogens is 1. The molecule has 0 radical (unpaired) electrons. The van der Waals surface area contributed by atoms with Crippen LogP contribution in [0.2, 0.25) is 0 Å². The number of anilines is 1. The minimum Gasteiger partial charge on any atom is -0.391 e. The summed E-state index contributed by atoms with van der Waals surface area (Å²) in [5.41, 5.74) is 5.60. The van der Waals surface area contributed by atoms with Gasteiger partial charge in [-0.15, -0.1) is 0 Å². The van der Waals surface area contributed by atoms with Crippen LogP contribution in [0.25, 0.3) is 0 Å². The Morgan fingerprint density at radius 2 is 2.22 bits per heavy atom. The highest BCUT2D eigenvalue weighted by molar-refractivity contribution is 5.86. The molecule has 1 aliphatic rings. The Hall–Kier alpha value is -1.46. The number of rotatable bonds is 3. The molecule has 1 fully saturated rings. The van der Waals surface area contributed by atoms with Crippen molar-refractivity contribution in [3.63, 3.8) is 0 Å². The van der Waals surface area contributed by atoms with Crippen LogP contribution in [-0.2, 0) is 4.79 Å². The van der Waals surface area contributed by atoms with Crippen molar-refractivity contribution in [3.05, 3.63) is 24.4 Å². The largest absolute Gasteiger partial charge is 0.391 e. The number of ketones is 1. The predicted molar refractivity (Wildman–Crippen MR) is 68.8 cm³/mol. The van der Waals surface area contributed by atoms with Gasteiger partial charge in [0.2, 0.25) is 0 Å². The number of Topliss-reactive ketones (excluding diaryl/α,β-unsaturated/α-hetero) is 1. The summed E-state index contributed by atoms with van der Waals surface area (Å²) >= 11 is 0. The zero-order chi connectivity index (χ0) is 13.2. The van der Waals surface area contributed by atoms with Crippen LogP contribution >= 0.6 is 0 Å². The molecule has 1 aliphatic carbocycles. The summed E-state index contributed by atoms with van der Waals surface area (Å²) in [7, 11) is 0. The third-order valence-electron chi connectivity index (χ3n) is 3.17. The molecular weight excluding hydrogens is 230 g/mol. The number of aliphatic hydroxyl groups is 1. The molecule has 1 heterocycles. The van der Waals surface area contributed by atoms with Crippen molar-refractivity contribution in [2.45, 2.75) is 38.8 Å². The van der Waals surface area contributed by atoms with E-state index >= 15 is 0 Å². The molecule has 3 N–H and O–H groups in total. The van der Waals surface area contributed by atoms with E-state index in [4.69, 9.17) is 0 Å². The van der Waals surface area contributed by atoms with E-state index in [9.17, 15) is 9.90 Å². The molecule has 1 saturated carbocycles. The van der Waals surface area contributed by atoms with Gasteiger partial charge in [0, 0.05) is 12.6 Å². The molecule has 5 nitrogen and oxygen atoms in total. The number of carbonyl (C=O) groups excluding carboxylic acids is 1. The Morgan fingerprint density at radius 3 is 2.83 bits per heavy atom. The third kappa shape index (κ3) is 3.05. The van der Waals surface area contributed by atoms with E-state index in [0.29, 0.717) is 18.7 Å². The molecule has 1 aromatic rings. The molecule has 0 aromatic carbocycles. The Morgan fingerprint density at radius 1 is 1.44 bits per heavy atom. The first-order chi connectivity index (χ1) is 8.48. The normalized spacial score (nSPS) is 26.9. The predicted octanol–water partition coefficient (Wildman–Crippen LogP) is 1.12. The van der Waals surface area contributed by atoms with Crippen LogP contribution in [-0.4, -0.2) is 28.0 Å². The summed E-state index contributed by atoms with van der Waals surface area (Å²) < 4.78 is 0. The summed E-state index contributed by atoms with van der Waals surface area (Å²) in [6, 6.07) is 4.88. The number of carbonyl (C=O) groups is 1. The fraction of sp³-hybridized carbons (Fsp3) is 0.538. The zero-order valence-corrected chi connectivity index (χ0v) is 10.7. The zero-order valence-electron chi connectivity index (χ0n) is 10.7. The number of aliphatic hydroxyl groups excluding tert-OH is 1. The van der Waals surface area contributed by atoms with E-state index in [0.717, 1.165) is 0 Å². The molecule has 5 heteroatoms. The van der Waals surface area contributed by atoms with Crippen LogP contribution in [0.15, 0.2) is 24.4 Å². The van der Waals surface area contributed by atoms with Crippen LogP contribution in [0, 0.1) is 5.41 Å². The van der Waals surface area contributed by atoms with Gasteiger partial charge < -0.3 is 10.5 Å². The van der Waals surface area contributed by atoms with Crippen LogP contribution in [0.3, 0.4) is 0 Å². The second-order valence-electron chi connectivity index (χ2n) is 5.54. The third-order valence-corrected chi connectivity index (χ3v) is 3.17. The molecule has 2 atom stereocenters. The SMILES string of the molecule is CC1(C)CC(=O)C(NNc2ccccn2)C(O)C1. The maximum atomic E-state index is 12.0. The second kappa shape index (κ2) is 5.04. The number of pyridine rings is 1. The topological polar surface area (TPSA) is 74.2 Å². The molecule has 1 aromatic heterocycles. The molecule has 0 bridgehead atoms. The van der Waals surface area contributed by atoms with E-state index in [1.165, 1.54) is 0 Å². The number of nitrogens with one attached hydrogen (secondary N) is 2. The Kier molecular flexibility index (Phi) is 3.63. The van der Waals surface area contributed by atoms with Crippen LogP contribution in [0.1, 0.15) is 26.7 Å². The van der Waals surface area contributed by atoms with E-state index in [1.807, 2.05) is 26.0 Å². The standard InChI is InChI=1S/C13H19N3O2/c1-13(2)7-9(17)12(10(18)8-13)16-15-11-5-3-4-6-14-11/h3-6,9,12,16-17H,7-8H2,1-2H3,(H,14,15). The quantitative estimate of drug-likeness (QED) is 0.700. The van der Waals surface area contributed by atoms with Gasteiger partial charge >= 0.3 is 0 Å². The average molecular weight is 249 g/mol. The summed E-state index contributed by atoms with van der Waals surface area (Å²) in [6.07, 6.45) is 2.08.